The van der Waals surface area contributed by atoms with E-state index in [0.717, 1.165) is 37.7 Å². The van der Waals surface area contributed by atoms with Crippen LogP contribution in [-0.2, 0) is 9.53 Å². The Morgan fingerprint density at radius 2 is 1.85 bits per heavy atom. The van der Waals surface area contributed by atoms with Crippen LogP contribution in [0.25, 0.3) is 0 Å². The molecule has 1 aromatic heterocycles. The summed E-state index contributed by atoms with van der Waals surface area (Å²) in [5.41, 5.74) is 1.66. The molecule has 1 unspecified atom stereocenters. The number of morpholine rings is 1. The van der Waals surface area contributed by atoms with Gasteiger partial charge in [0.05, 0.1) is 31.0 Å². The highest BCUT2D eigenvalue weighted by atomic mass is 35.5. The zero-order valence-electron chi connectivity index (χ0n) is 15.1. The fourth-order valence-electron chi connectivity index (χ4n) is 3.17. The van der Waals surface area contributed by atoms with Gasteiger partial charge in [0, 0.05) is 18.1 Å². The predicted octanol–water partition coefficient (Wildman–Crippen LogP) is 3.95. The van der Waals surface area contributed by atoms with Crippen LogP contribution >= 0.6 is 11.6 Å². The number of rotatable bonds is 5. The summed E-state index contributed by atoms with van der Waals surface area (Å²) in [7, 11) is 0. The average molecular weight is 374 g/mol. The highest BCUT2D eigenvalue weighted by Crippen LogP contribution is 2.27. The second-order valence-electron chi connectivity index (χ2n) is 6.77. The maximum atomic E-state index is 12.8. The fourth-order valence-corrected chi connectivity index (χ4v) is 3.29. The average Bonchev–Trinajstić information content (AvgIpc) is 2.64. The molecule has 138 valence electrons. The molecule has 1 aromatic carbocycles. The number of amides is 1. The third-order valence-corrected chi connectivity index (χ3v) is 4.78. The Morgan fingerprint density at radius 1 is 1.15 bits per heavy atom. The van der Waals surface area contributed by atoms with E-state index in [-0.39, 0.29) is 17.7 Å². The van der Waals surface area contributed by atoms with E-state index in [0.29, 0.717) is 10.7 Å². The molecule has 0 spiro atoms. The molecule has 5 nitrogen and oxygen atoms in total. The number of anilines is 2. The zero-order chi connectivity index (χ0) is 18.5. The number of ether oxygens (including phenoxy) is 1. The number of nitrogens with one attached hydrogen (secondary N) is 1. The fraction of sp³-hybridized carbons (Fsp3) is 0.400. The second kappa shape index (κ2) is 8.52. The third kappa shape index (κ3) is 4.54. The van der Waals surface area contributed by atoms with Crippen molar-refractivity contribution in [2.45, 2.75) is 19.8 Å². The molecule has 1 atom stereocenters. The van der Waals surface area contributed by atoms with Gasteiger partial charge in [-0.1, -0.05) is 37.6 Å². The summed E-state index contributed by atoms with van der Waals surface area (Å²) in [5.74, 6) is 0.788. The van der Waals surface area contributed by atoms with Gasteiger partial charge in [0.25, 0.3) is 0 Å². The first-order valence-electron chi connectivity index (χ1n) is 8.89. The lowest BCUT2D eigenvalue weighted by atomic mass is 9.87. The Labute approximate surface area is 159 Å². The second-order valence-corrected chi connectivity index (χ2v) is 7.20. The third-order valence-electron chi connectivity index (χ3n) is 4.53. The van der Waals surface area contributed by atoms with E-state index in [9.17, 15) is 4.79 Å². The lowest BCUT2D eigenvalue weighted by Crippen LogP contribution is -2.36. The number of halogens is 1. The number of hydrogen-bond donors (Lipinski definition) is 1. The van der Waals surface area contributed by atoms with Crippen LogP contribution in [0.5, 0.6) is 0 Å². The summed E-state index contributed by atoms with van der Waals surface area (Å²) in [6.07, 6.45) is 1.71. The van der Waals surface area contributed by atoms with Crippen molar-refractivity contribution >= 4 is 29.0 Å². The van der Waals surface area contributed by atoms with Crippen molar-refractivity contribution in [1.82, 2.24) is 4.98 Å². The van der Waals surface area contributed by atoms with Gasteiger partial charge in [-0.3, -0.25) is 4.79 Å². The molecular weight excluding hydrogens is 350 g/mol. The molecule has 26 heavy (non-hydrogen) atoms. The van der Waals surface area contributed by atoms with E-state index >= 15 is 0 Å². The number of carbonyl (C=O) groups is 1. The topological polar surface area (TPSA) is 54.5 Å². The Morgan fingerprint density at radius 3 is 2.42 bits per heavy atom. The number of benzene rings is 1. The highest BCUT2D eigenvalue weighted by Gasteiger charge is 2.24. The molecule has 3 rings (SSSR count). The standard InChI is InChI=1S/C20H24ClN3O2/c1-14(2)19(15-3-5-16(21)6-4-15)20(25)23-17-7-8-18(22-13-17)24-9-11-26-12-10-24/h3-8,13-14,19H,9-12H2,1-2H3,(H,23,25). The monoisotopic (exact) mass is 373 g/mol. The van der Waals surface area contributed by atoms with E-state index in [2.05, 4.69) is 15.2 Å². The van der Waals surface area contributed by atoms with Crippen LogP contribution in [0.15, 0.2) is 42.6 Å². The quantitative estimate of drug-likeness (QED) is 0.862. The Kier molecular flexibility index (Phi) is 6.12. The minimum absolute atomic E-state index is 0.0387. The van der Waals surface area contributed by atoms with Gasteiger partial charge in [0.1, 0.15) is 5.82 Å². The van der Waals surface area contributed by atoms with E-state index in [1.807, 2.05) is 50.2 Å². The van der Waals surface area contributed by atoms with Crippen molar-refractivity contribution in [3.63, 3.8) is 0 Å². The van der Waals surface area contributed by atoms with Crippen LogP contribution in [0.3, 0.4) is 0 Å². The number of hydrogen-bond acceptors (Lipinski definition) is 4. The normalized spacial score (nSPS) is 15.8. The summed E-state index contributed by atoms with van der Waals surface area (Å²) in [6.45, 7) is 7.20. The molecular formula is C20H24ClN3O2. The van der Waals surface area contributed by atoms with Gasteiger partial charge in [-0.2, -0.15) is 0 Å². The SMILES string of the molecule is CC(C)C(C(=O)Nc1ccc(N2CCOCC2)nc1)c1ccc(Cl)cc1. The maximum absolute atomic E-state index is 12.8. The van der Waals surface area contributed by atoms with Gasteiger partial charge < -0.3 is 15.0 Å². The molecule has 2 aromatic rings. The number of nitrogens with zero attached hydrogens (tertiary/aromatic N) is 2. The molecule has 1 saturated heterocycles. The van der Waals surface area contributed by atoms with Gasteiger partial charge in [-0.25, -0.2) is 4.98 Å². The molecule has 1 fully saturated rings. The van der Waals surface area contributed by atoms with Gasteiger partial charge in [0.2, 0.25) is 5.91 Å². The summed E-state index contributed by atoms with van der Waals surface area (Å²) in [6, 6.07) is 11.3. The smallest absolute Gasteiger partial charge is 0.232 e. The largest absolute Gasteiger partial charge is 0.378 e. The van der Waals surface area contributed by atoms with Crippen molar-refractivity contribution in [3.8, 4) is 0 Å². The summed E-state index contributed by atoms with van der Waals surface area (Å²) < 4.78 is 5.36. The predicted molar refractivity (Wildman–Crippen MR) is 105 cm³/mol. The number of carbonyl (C=O) groups excluding carboxylic acids is 1. The van der Waals surface area contributed by atoms with E-state index < -0.39 is 0 Å². The van der Waals surface area contributed by atoms with E-state index in [1.54, 1.807) is 6.20 Å². The number of pyridine rings is 1. The first-order chi connectivity index (χ1) is 12.5. The molecule has 0 radical (unpaired) electrons. The summed E-state index contributed by atoms with van der Waals surface area (Å²) >= 11 is 5.96. The van der Waals surface area contributed by atoms with Crippen molar-refractivity contribution in [2.24, 2.45) is 5.92 Å². The highest BCUT2D eigenvalue weighted by molar-refractivity contribution is 6.30. The first kappa shape index (κ1) is 18.7. The van der Waals surface area contributed by atoms with Crippen LogP contribution in [-0.4, -0.2) is 37.2 Å². The molecule has 0 aliphatic carbocycles. The Balaban J connectivity index is 1.69. The van der Waals surface area contributed by atoms with E-state index in [1.165, 1.54) is 0 Å². The summed E-state index contributed by atoms with van der Waals surface area (Å²) in [5, 5.41) is 3.66. The van der Waals surface area contributed by atoms with Crippen LogP contribution in [0, 0.1) is 5.92 Å². The molecule has 1 N–H and O–H groups in total. The van der Waals surface area contributed by atoms with E-state index in [4.69, 9.17) is 16.3 Å². The van der Waals surface area contributed by atoms with Crippen LogP contribution in [0.4, 0.5) is 11.5 Å². The first-order valence-corrected chi connectivity index (χ1v) is 9.27. The van der Waals surface area contributed by atoms with Crippen LogP contribution in [0.1, 0.15) is 25.3 Å². The van der Waals surface area contributed by atoms with Crippen LogP contribution in [0.2, 0.25) is 5.02 Å². The Bertz CT molecular complexity index is 726. The van der Waals surface area contributed by atoms with Crippen LogP contribution < -0.4 is 10.2 Å². The summed E-state index contributed by atoms with van der Waals surface area (Å²) in [4.78, 5) is 19.5. The van der Waals surface area contributed by atoms with Crippen molar-refractivity contribution < 1.29 is 9.53 Å². The molecule has 2 heterocycles. The van der Waals surface area contributed by atoms with Gasteiger partial charge in [0.15, 0.2) is 0 Å². The molecule has 1 amide bonds. The minimum Gasteiger partial charge on any atom is -0.378 e. The molecule has 0 bridgehead atoms. The Hall–Kier alpha value is -2.11. The van der Waals surface area contributed by atoms with Crippen molar-refractivity contribution in [3.05, 3.63) is 53.2 Å². The lowest BCUT2D eigenvalue weighted by Gasteiger charge is -2.27. The molecule has 0 saturated carbocycles. The van der Waals surface area contributed by atoms with Crippen molar-refractivity contribution in [1.29, 1.82) is 0 Å². The molecule has 1 aliphatic rings. The number of aromatic nitrogens is 1. The van der Waals surface area contributed by atoms with Gasteiger partial charge >= 0.3 is 0 Å². The van der Waals surface area contributed by atoms with Crippen molar-refractivity contribution in [2.75, 3.05) is 36.5 Å². The maximum Gasteiger partial charge on any atom is 0.232 e. The van der Waals surface area contributed by atoms with Gasteiger partial charge in [-0.15, -0.1) is 0 Å². The minimum atomic E-state index is -0.244. The van der Waals surface area contributed by atoms with Gasteiger partial charge in [-0.05, 0) is 35.7 Å². The molecule has 1 aliphatic heterocycles. The molecule has 6 heteroatoms. The zero-order valence-corrected chi connectivity index (χ0v) is 15.9. The lowest BCUT2D eigenvalue weighted by molar-refractivity contribution is -0.118.